The predicted octanol–water partition coefficient (Wildman–Crippen LogP) is 3.55. The molecule has 4 heteroatoms. The molecule has 0 aliphatic carbocycles. The Bertz CT molecular complexity index is 477. The molecule has 0 saturated heterocycles. The molecule has 0 N–H and O–H groups in total. The topological polar surface area (TPSA) is 17.8 Å². The molecule has 1 heterocycles. The molecule has 1 aromatic carbocycles. The van der Waals surface area contributed by atoms with Crippen molar-refractivity contribution in [3.8, 4) is 0 Å². The molecule has 0 bridgehead atoms. The molecule has 0 aliphatic rings. The van der Waals surface area contributed by atoms with E-state index in [2.05, 4.69) is 5.10 Å². The minimum atomic E-state index is 0.646. The Hall–Kier alpha value is -0.990. The quantitative estimate of drug-likeness (QED) is 0.786. The van der Waals surface area contributed by atoms with Crippen molar-refractivity contribution >= 4 is 23.2 Å². The van der Waals surface area contributed by atoms with Gasteiger partial charge in [0.15, 0.2) is 0 Å². The summed E-state index contributed by atoms with van der Waals surface area (Å²) < 4.78 is 1.75. The Morgan fingerprint density at radius 2 is 2.07 bits per heavy atom. The van der Waals surface area contributed by atoms with Crippen LogP contribution in [0.1, 0.15) is 11.3 Å². The van der Waals surface area contributed by atoms with Crippen LogP contribution < -0.4 is 0 Å². The predicted molar refractivity (Wildman–Crippen MR) is 62.5 cm³/mol. The Labute approximate surface area is 98.4 Å². The second-order valence-electron chi connectivity index (χ2n) is 3.40. The summed E-state index contributed by atoms with van der Waals surface area (Å²) in [5.74, 6) is 0. The molecule has 0 unspecified atom stereocenters. The molecular formula is C11H10Cl2N2. The van der Waals surface area contributed by atoms with Crippen molar-refractivity contribution in [1.82, 2.24) is 9.78 Å². The number of benzene rings is 1. The van der Waals surface area contributed by atoms with Gasteiger partial charge in [-0.3, -0.25) is 0 Å². The number of aryl methyl sites for hydroxylation is 1. The van der Waals surface area contributed by atoms with Gasteiger partial charge < -0.3 is 0 Å². The molecule has 0 radical (unpaired) electrons. The van der Waals surface area contributed by atoms with E-state index in [1.54, 1.807) is 4.68 Å². The highest BCUT2D eigenvalue weighted by molar-refractivity contribution is 6.30. The van der Waals surface area contributed by atoms with Gasteiger partial charge >= 0.3 is 0 Å². The molecule has 1 aromatic heterocycles. The van der Waals surface area contributed by atoms with Crippen LogP contribution in [0.5, 0.6) is 0 Å². The average molecular weight is 241 g/mol. The van der Waals surface area contributed by atoms with E-state index in [4.69, 9.17) is 23.2 Å². The summed E-state index contributed by atoms with van der Waals surface area (Å²) in [6.07, 6.45) is 0. The van der Waals surface area contributed by atoms with Crippen LogP contribution in [0.2, 0.25) is 10.2 Å². The highest BCUT2D eigenvalue weighted by Gasteiger charge is 2.03. The summed E-state index contributed by atoms with van der Waals surface area (Å²) in [5.41, 5.74) is 2.01. The number of nitrogens with zero attached hydrogens (tertiary/aromatic N) is 2. The van der Waals surface area contributed by atoms with Gasteiger partial charge in [-0.1, -0.05) is 35.3 Å². The Morgan fingerprint density at radius 3 is 2.67 bits per heavy atom. The minimum Gasteiger partial charge on any atom is -0.249 e. The first-order valence-corrected chi connectivity index (χ1v) is 5.35. The molecule has 2 rings (SSSR count). The zero-order valence-electron chi connectivity index (χ0n) is 8.24. The molecule has 0 aliphatic heterocycles. The number of halogens is 2. The molecule has 0 amide bonds. The lowest BCUT2D eigenvalue weighted by atomic mass is 10.2. The van der Waals surface area contributed by atoms with Crippen LogP contribution in [-0.2, 0) is 6.54 Å². The molecule has 15 heavy (non-hydrogen) atoms. The van der Waals surface area contributed by atoms with Crippen LogP contribution in [0.3, 0.4) is 0 Å². The summed E-state index contributed by atoms with van der Waals surface area (Å²) >= 11 is 11.9. The fraction of sp³-hybridized carbons (Fsp3) is 0.182. The van der Waals surface area contributed by atoms with E-state index in [0.29, 0.717) is 11.7 Å². The van der Waals surface area contributed by atoms with Crippen LogP contribution in [0.4, 0.5) is 0 Å². The summed E-state index contributed by atoms with van der Waals surface area (Å²) in [4.78, 5) is 0. The van der Waals surface area contributed by atoms with Gasteiger partial charge in [0, 0.05) is 5.02 Å². The summed E-state index contributed by atoms with van der Waals surface area (Å²) in [6, 6.07) is 9.52. The second-order valence-corrected chi connectivity index (χ2v) is 4.22. The Morgan fingerprint density at radius 1 is 1.27 bits per heavy atom. The van der Waals surface area contributed by atoms with Gasteiger partial charge in [0.1, 0.15) is 5.15 Å². The molecule has 0 saturated carbocycles. The van der Waals surface area contributed by atoms with Gasteiger partial charge in [0.2, 0.25) is 0 Å². The lowest BCUT2D eigenvalue weighted by Gasteiger charge is -2.03. The van der Waals surface area contributed by atoms with Gasteiger partial charge in [-0.05, 0) is 30.7 Å². The average Bonchev–Trinajstić information content (AvgIpc) is 2.45. The Balaban J connectivity index is 2.25. The summed E-state index contributed by atoms with van der Waals surface area (Å²) in [7, 11) is 0. The van der Waals surface area contributed by atoms with Crippen molar-refractivity contribution < 1.29 is 0 Å². The van der Waals surface area contributed by atoms with E-state index in [9.17, 15) is 0 Å². The number of aromatic nitrogens is 2. The van der Waals surface area contributed by atoms with Crippen LogP contribution in [0.25, 0.3) is 0 Å². The monoisotopic (exact) mass is 240 g/mol. The van der Waals surface area contributed by atoms with Crippen LogP contribution >= 0.6 is 23.2 Å². The van der Waals surface area contributed by atoms with Gasteiger partial charge in [-0.25, -0.2) is 4.68 Å². The Kier molecular flexibility index (Phi) is 2.98. The number of hydrogen-bond donors (Lipinski definition) is 0. The van der Waals surface area contributed by atoms with E-state index < -0.39 is 0 Å². The smallest absolute Gasteiger partial charge is 0.127 e. The first kappa shape index (κ1) is 10.5. The minimum absolute atomic E-state index is 0.646. The third-order valence-electron chi connectivity index (χ3n) is 2.07. The molecule has 0 fully saturated rings. The molecule has 2 nitrogen and oxygen atoms in total. The van der Waals surface area contributed by atoms with E-state index in [0.717, 1.165) is 16.3 Å². The van der Waals surface area contributed by atoms with Crippen molar-refractivity contribution in [2.75, 3.05) is 0 Å². The SMILES string of the molecule is Cc1cc(Cl)n(Cc2cccc(Cl)c2)n1. The molecule has 0 spiro atoms. The van der Waals surface area contributed by atoms with Crippen molar-refractivity contribution in [2.45, 2.75) is 13.5 Å². The van der Waals surface area contributed by atoms with Gasteiger partial charge in [0.25, 0.3) is 0 Å². The van der Waals surface area contributed by atoms with Crippen LogP contribution in [-0.4, -0.2) is 9.78 Å². The second kappa shape index (κ2) is 4.25. The fourth-order valence-electron chi connectivity index (χ4n) is 1.43. The zero-order chi connectivity index (χ0) is 10.8. The van der Waals surface area contributed by atoms with E-state index >= 15 is 0 Å². The van der Waals surface area contributed by atoms with Crippen molar-refractivity contribution in [3.63, 3.8) is 0 Å². The summed E-state index contributed by atoms with van der Waals surface area (Å²) in [6.45, 7) is 2.56. The fourth-order valence-corrected chi connectivity index (χ4v) is 1.90. The van der Waals surface area contributed by atoms with Gasteiger partial charge in [0.05, 0.1) is 12.2 Å². The standard InChI is InChI=1S/C11H10Cl2N2/c1-8-5-11(13)15(14-8)7-9-3-2-4-10(12)6-9/h2-6H,7H2,1H3. The lowest BCUT2D eigenvalue weighted by Crippen LogP contribution is -2.01. The lowest BCUT2D eigenvalue weighted by molar-refractivity contribution is 0.680. The maximum absolute atomic E-state index is 6.00. The first-order chi connectivity index (χ1) is 7.15. The largest absolute Gasteiger partial charge is 0.249 e. The first-order valence-electron chi connectivity index (χ1n) is 4.59. The van der Waals surface area contributed by atoms with E-state index in [-0.39, 0.29) is 0 Å². The highest BCUT2D eigenvalue weighted by atomic mass is 35.5. The summed E-state index contributed by atoms with van der Waals surface area (Å²) in [5, 5.41) is 5.65. The van der Waals surface area contributed by atoms with Crippen LogP contribution in [0, 0.1) is 6.92 Å². The van der Waals surface area contributed by atoms with E-state index in [1.165, 1.54) is 0 Å². The zero-order valence-corrected chi connectivity index (χ0v) is 9.76. The van der Waals surface area contributed by atoms with Crippen molar-refractivity contribution in [3.05, 3.63) is 51.8 Å². The van der Waals surface area contributed by atoms with E-state index in [1.807, 2.05) is 37.3 Å². The van der Waals surface area contributed by atoms with Gasteiger partial charge in [-0.2, -0.15) is 5.10 Å². The third kappa shape index (κ3) is 2.52. The number of hydrogen-bond acceptors (Lipinski definition) is 1. The number of rotatable bonds is 2. The third-order valence-corrected chi connectivity index (χ3v) is 2.61. The highest BCUT2D eigenvalue weighted by Crippen LogP contribution is 2.15. The maximum atomic E-state index is 6.00. The van der Waals surface area contributed by atoms with Crippen molar-refractivity contribution in [1.29, 1.82) is 0 Å². The molecular weight excluding hydrogens is 231 g/mol. The van der Waals surface area contributed by atoms with Crippen molar-refractivity contribution in [2.24, 2.45) is 0 Å². The molecule has 78 valence electrons. The molecule has 0 atom stereocenters. The maximum Gasteiger partial charge on any atom is 0.127 e. The van der Waals surface area contributed by atoms with Gasteiger partial charge in [-0.15, -0.1) is 0 Å². The van der Waals surface area contributed by atoms with Crippen LogP contribution in [0.15, 0.2) is 30.3 Å². The molecule has 2 aromatic rings. The normalized spacial score (nSPS) is 10.6.